The summed E-state index contributed by atoms with van der Waals surface area (Å²) < 4.78 is 81.7. The minimum Gasteiger partial charge on any atom is -0.481 e. The molecule has 0 amide bonds. The Labute approximate surface area is 216 Å². The van der Waals surface area contributed by atoms with E-state index in [2.05, 4.69) is 20.3 Å². The van der Waals surface area contributed by atoms with E-state index in [0.29, 0.717) is 16.9 Å². The minimum atomic E-state index is -5.06. The highest BCUT2D eigenvalue weighted by Gasteiger charge is 2.61. The van der Waals surface area contributed by atoms with Crippen molar-refractivity contribution >= 4 is 28.9 Å². The number of carboxylic acids is 1. The van der Waals surface area contributed by atoms with E-state index < -0.39 is 46.3 Å². The van der Waals surface area contributed by atoms with E-state index in [1.165, 1.54) is 6.07 Å². The third kappa shape index (κ3) is 5.60. The number of carboxylic acid groups (broad SMARTS) is 1. The lowest BCUT2D eigenvalue weighted by molar-refractivity contribution is -0.290. The van der Waals surface area contributed by atoms with Crippen LogP contribution in [0, 0.1) is 18.8 Å². The highest BCUT2D eigenvalue weighted by atomic mass is 32.1. The van der Waals surface area contributed by atoms with Gasteiger partial charge in [-0.15, -0.1) is 11.3 Å². The maximum absolute atomic E-state index is 14.2. The molecule has 38 heavy (non-hydrogen) atoms. The van der Waals surface area contributed by atoms with Gasteiger partial charge < -0.3 is 15.5 Å². The predicted octanol–water partition coefficient (Wildman–Crippen LogP) is 6.31. The van der Waals surface area contributed by atoms with Crippen molar-refractivity contribution in [3.8, 4) is 10.6 Å². The average molecular weight is 561 g/mol. The maximum atomic E-state index is 14.2. The van der Waals surface area contributed by atoms with Crippen molar-refractivity contribution < 1.29 is 41.4 Å². The standard InChI is InChI=1S/C24H22F6N4O3S/c1-12-8-16(33-19(9-12)34-18-10-15(6-7-31-18)23(25,26)27)17-11-32-21(38-17)22(37,24(28,29)30)14-4-2-13(3-5-14)20(35)36/h6-11,13-14,37H,2-5H2,1H3,(H,35,36)(H,31,33,34)/t13-,14-,22?. The quantitative estimate of drug-likeness (QED) is 0.303. The molecule has 0 radical (unpaired) electrons. The fourth-order valence-corrected chi connectivity index (χ4v) is 5.58. The first-order chi connectivity index (χ1) is 17.7. The Balaban J connectivity index is 1.63. The van der Waals surface area contributed by atoms with Crippen molar-refractivity contribution in [2.45, 2.75) is 50.6 Å². The number of anilines is 2. The number of aliphatic carboxylic acids is 1. The fourth-order valence-electron chi connectivity index (χ4n) is 4.52. The van der Waals surface area contributed by atoms with Gasteiger partial charge in [-0.05, 0) is 62.4 Å². The second kappa shape index (κ2) is 10.1. The van der Waals surface area contributed by atoms with Gasteiger partial charge in [0.05, 0.1) is 22.1 Å². The SMILES string of the molecule is Cc1cc(Nc2cc(C(F)(F)F)ccn2)nc(-c2cnc(C(O)([C@H]3CC[C@H](C(=O)O)CC3)C(F)(F)F)s2)c1. The Morgan fingerprint density at radius 2 is 1.71 bits per heavy atom. The number of aryl methyl sites for hydroxylation is 1. The summed E-state index contributed by atoms with van der Waals surface area (Å²) in [6.07, 6.45) is -7.77. The van der Waals surface area contributed by atoms with E-state index in [4.69, 9.17) is 5.11 Å². The Bertz CT molecular complexity index is 1320. The molecule has 1 fully saturated rings. The van der Waals surface area contributed by atoms with E-state index in [9.17, 15) is 36.2 Å². The van der Waals surface area contributed by atoms with Crippen molar-refractivity contribution in [1.82, 2.24) is 15.0 Å². The molecular weight excluding hydrogens is 538 g/mol. The van der Waals surface area contributed by atoms with Crippen LogP contribution in [0.3, 0.4) is 0 Å². The van der Waals surface area contributed by atoms with Crippen LogP contribution in [0.2, 0.25) is 0 Å². The number of aromatic nitrogens is 3. The Morgan fingerprint density at radius 3 is 2.32 bits per heavy atom. The van der Waals surface area contributed by atoms with Crippen LogP contribution in [0.15, 0.2) is 36.7 Å². The Kier molecular flexibility index (Phi) is 7.40. The van der Waals surface area contributed by atoms with Gasteiger partial charge in [-0.1, -0.05) is 0 Å². The lowest BCUT2D eigenvalue weighted by atomic mass is 9.73. The summed E-state index contributed by atoms with van der Waals surface area (Å²) in [4.78, 5) is 23.4. The summed E-state index contributed by atoms with van der Waals surface area (Å²) in [6, 6.07) is 4.71. The average Bonchev–Trinajstić information content (AvgIpc) is 3.33. The molecule has 1 aliphatic rings. The Morgan fingerprint density at radius 1 is 1.03 bits per heavy atom. The van der Waals surface area contributed by atoms with Crippen LogP contribution in [0.1, 0.15) is 41.8 Å². The summed E-state index contributed by atoms with van der Waals surface area (Å²) in [5, 5.41) is 22.2. The van der Waals surface area contributed by atoms with E-state index in [1.807, 2.05) is 0 Å². The molecule has 1 unspecified atom stereocenters. The van der Waals surface area contributed by atoms with Crippen molar-refractivity contribution in [3.63, 3.8) is 0 Å². The van der Waals surface area contributed by atoms with Gasteiger partial charge in [0.25, 0.3) is 0 Å². The van der Waals surface area contributed by atoms with Crippen molar-refractivity contribution in [2.75, 3.05) is 5.32 Å². The lowest BCUT2D eigenvalue weighted by Gasteiger charge is -2.39. The zero-order chi connectivity index (χ0) is 27.9. The number of alkyl halides is 6. The smallest absolute Gasteiger partial charge is 0.424 e. The number of thiazole rings is 1. The van der Waals surface area contributed by atoms with Crippen LogP contribution < -0.4 is 5.32 Å². The van der Waals surface area contributed by atoms with Gasteiger partial charge in [0.15, 0.2) is 0 Å². The second-order valence-electron chi connectivity index (χ2n) is 9.15. The highest BCUT2D eigenvalue weighted by Crippen LogP contribution is 2.51. The van der Waals surface area contributed by atoms with Crippen LogP contribution in [0.4, 0.5) is 38.0 Å². The van der Waals surface area contributed by atoms with Crippen LogP contribution in [0.25, 0.3) is 10.6 Å². The maximum Gasteiger partial charge on any atom is 0.424 e. The molecule has 3 aromatic rings. The Hall–Kier alpha value is -3.26. The first kappa shape index (κ1) is 27.8. The molecule has 0 aliphatic heterocycles. The normalized spacial score (nSPS) is 20.1. The summed E-state index contributed by atoms with van der Waals surface area (Å²) in [5.41, 5.74) is -3.38. The third-order valence-corrected chi connectivity index (χ3v) is 7.64. The number of pyridine rings is 2. The summed E-state index contributed by atoms with van der Waals surface area (Å²) >= 11 is 0.598. The summed E-state index contributed by atoms with van der Waals surface area (Å²) in [5.74, 6) is -3.13. The van der Waals surface area contributed by atoms with Crippen molar-refractivity contribution in [1.29, 1.82) is 0 Å². The van der Waals surface area contributed by atoms with E-state index >= 15 is 0 Å². The zero-order valence-corrected chi connectivity index (χ0v) is 20.6. The van der Waals surface area contributed by atoms with Gasteiger partial charge in [0.2, 0.25) is 5.60 Å². The molecule has 1 saturated carbocycles. The van der Waals surface area contributed by atoms with E-state index in [-0.39, 0.29) is 47.9 Å². The molecule has 1 aliphatic carbocycles. The fraction of sp³-hybridized carbons (Fsp3) is 0.417. The summed E-state index contributed by atoms with van der Waals surface area (Å²) in [6.45, 7) is 1.67. The van der Waals surface area contributed by atoms with E-state index in [0.717, 1.165) is 24.5 Å². The van der Waals surface area contributed by atoms with Crippen molar-refractivity contribution in [2.24, 2.45) is 11.8 Å². The largest absolute Gasteiger partial charge is 0.481 e. The molecule has 0 saturated heterocycles. The van der Waals surface area contributed by atoms with Crippen LogP contribution in [-0.2, 0) is 16.6 Å². The number of carbonyl (C=O) groups is 1. The van der Waals surface area contributed by atoms with Crippen molar-refractivity contribution in [3.05, 3.63) is 52.8 Å². The number of halogens is 6. The second-order valence-corrected chi connectivity index (χ2v) is 10.2. The molecule has 7 nitrogen and oxygen atoms in total. The minimum absolute atomic E-state index is 0.00859. The number of hydrogen-bond acceptors (Lipinski definition) is 7. The summed E-state index contributed by atoms with van der Waals surface area (Å²) in [7, 11) is 0. The molecule has 4 rings (SSSR count). The van der Waals surface area contributed by atoms with Gasteiger partial charge in [-0.2, -0.15) is 26.3 Å². The molecule has 0 aromatic carbocycles. The predicted molar refractivity (Wildman–Crippen MR) is 126 cm³/mol. The van der Waals surface area contributed by atoms with Gasteiger partial charge in [-0.3, -0.25) is 4.79 Å². The van der Waals surface area contributed by atoms with Crippen LogP contribution in [0.5, 0.6) is 0 Å². The molecule has 1 atom stereocenters. The molecule has 3 N–H and O–H groups in total. The van der Waals surface area contributed by atoms with Gasteiger partial charge in [0, 0.05) is 18.3 Å². The molecule has 14 heteroatoms. The first-order valence-electron chi connectivity index (χ1n) is 11.5. The molecule has 0 spiro atoms. The highest BCUT2D eigenvalue weighted by molar-refractivity contribution is 7.15. The van der Waals surface area contributed by atoms with Gasteiger partial charge in [0.1, 0.15) is 16.6 Å². The lowest BCUT2D eigenvalue weighted by Crippen LogP contribution is -2.49. The third-order valence-electron chi connectivity index (χ3n) is 6.50. The molecule has 0 bridgehead atoms. The van der Waals surface area contributed by atoms with Gasteiger partial charge in [-0.25, -0.2) is 15.0 Å². The molecule has 3 heterocycles. The number of rotatable bonds is 6. The van der Waals surface area contributed by atoms with Gasteiger partial charge >= 0.3 is 18.3 Å². The number of aliphatic hydroxyl groups is 1. The molecule has 204 valence electrons. The topological polar surface area (TPSA) is 108 Å². The van der Waals surface area contributed by atoms with Crippen LogP contribution in [-0.4, -0.2) is 37.3 Å². The molecular formula is C24H22F6N4O3S. The number of nitrogens with one attached hydrogen (secondary N) is 1. The number of nitrogens with zero attached hydrogens (tertiary/aromatic N) is 3. The first-order valence-corrected chi connectivity index (χ1v) is 12.3. The monoisotopic (exact) mass is 560 g/mol. The number of hydrogen-bond donors (Lipinski definition) is 3. The molecule has 3 aromatic heterocycles. The zero-order valence-electron chi connectivity index (χ0n) is 19.8. The van der Waals surface area contributed by atoms with Crippen LogP contribution >= 0.6 is 11.3 Å². The van der Waals surface area contributed by atoms with E-state index in [1.54, 1.807) is 13.0 Å².